The number of nitrogens with one attached hydrogen (secondary N) is 2. The van der Waals surface area contributed by atoms with E-state index in [1.807, 2.05) is 17.9 Å². The maximum atomic E-state index is 13.3. The summed E-state index contributed by atoms with van der Waals surface area (Å²) in [5.41, 5.74) is 2.25. The number of aryl methyl sites for hydroxylation is 1. The van der Waals surface area contributed by atoms with E-state index in [4.69, 9.17) is 16.6 Å². The molecule has 8 heteroatoms. The van der Waals surface area contributed by atoms with Gasteiger partial charge in [-0.15, -0.1) is 0 Å². The number of likely N-dealkylation sites (tertiary alicyclic amines) is 1. The third kappa shape index (κ3) is 3.85. The molecule has 3 aliphatic rings. The Morgan fingerprint density at radius 1 is 1.32 bits per heavy atom. The van der Waals surface area contributed by atoms with Crippen LogP contribution in [0.1, 0.15) is 55.1 Å². The zero-order chi connectivity index (χ0) is 21.4. The molecule has 2 aliphatic heterocycles. The molecule has 0 bridgehead atoms. The van der Waals surface area contributed by atoms with Crippen molar-refractivity contribution >= 4 is 29.0 Å². The van der Waals surface area contributed by atoms with Crippen LogP contribution in [0.3, 0.4) is 0 Å². The summed E-state index contributed by atoms with van der Waals surface area (Å²) in [4.78, 5) is 20.3. The Hall–Kier alpha value is -2.38. The van der Waals surface area contributed by atoms with Crippen molar-refractivity contribution < 1.29 is 4.79 Å². The number of amidine groups is 1. The van der Waals surface area contributed by atoms with Gasteiger partial charge in [0.1, 0.15) is 5.84 Å². The summed E-state index contributed by atoms with van der Waals surface area (Å²) in [6.07, 6.45) is 7.27. The number of anilines is 1. The summed E-state index contributed by atoms with van der Waals surface area (Å²) in [6.45, 7) is 4.59. The lowest BCUT2D eigenvalue weighted by Crippen LogP contribution is -2.55. The average molecular weight is 441 g/mol. The Kier molecular flexibility index (Phi) is 5.48. The summed E-state index contributed by atoms with van der Waals surface area (Å²) < 4.78 is 1.70. The van der Waals surface area contributed by atoms with Crippen LogP contribution in [0.2, 0.25) is 5.02 Å². The van der Waals surface area contributed by atoms with Gasteiger partial charge in [0, 0.05) is 38.1 Å². The topological polar surface area (TPSA) is 74.6 Å². The predicted octanol–water partition coefficient (Wildman–Crippen LogP) is 3.70. The van der Waals surface area contributed by atoms with E-state index in [9.17, 15) is 4.79 Å². The number of aliphatic imine (C=N–C) groups is 1. The normalized spacial score (nSPS) is 25.1. The molecule has 1 spiro atoms. The number of carbonyl (C=O) groups is 1. The smallest absolute Gasteiger partial charge is 0.275 e. The van der Waals surface area contributed by atoms with Crippen LogP contribution in [-0.2, 0) is 13.1 Å². The van der Waals surface area contributed by atoms with Crippen LogP contribution in [-0.4, -0.2) is 51.1 Å². The van der Waals surface area contributed by atoms with E-state index in [1.165, 1.54) is 18.4 Å². The number of halogens is 1. The molecule has 5 rings (SSSR count). The molecule has 2 aromatic rings. The van der Waals surface area contributed by atoms with Gasteiger partial charge in [-0.05, 0) is 37.8 Å². The van der Waals surface area contributed by atoms with E-state index < -0.39 is 5.54 Å². The Labute approximate surface area is 187 Å². The number of para-hydroxylation sites is 1. The fourth-order valence-corrected chi connectivity index (χ4v) is 5.17. The monoisotopic (exact) mass is 440 g/mol. The lowest BCUT2D eigenvalue weighted by Gasteiger charge is -2.31. The molecule has 2 N–H and O–H groups in total. The molecule has 1 saturated carbocycles. The van der Waals surface area contributed by atoms with Crippen LogP contribution >= 0.6 is 11.6 Å². The highest BCUT2D eigenvalue weighted by Crippen LogP contribution is 2.32. The van der Waals surface area contributed by atoms with Gasteiger partial charge >= 0.3 is 0 Å². The molecule has 1 aromatic carbocycles. The minimum absolute atomic E-state index is 0.113. The first-order valence-electron chi connectivity index (χ1n) is 11.3. The molecule has 31 heavy (non-hydrogen) atoms. The van der Waals surface area contributed by atoms with E-state index in [0.29, 0.717) is 36.4 Å². The second-order valence-corrected chi connectivity index (χ2v) is 9.20. The zero-order valence-corrected chi connectivity index (χ0v) is 18.7. The summed E-state index contributed by atoms with van der Waals surface area (Å²) in [6, 6.07) is 8.70. The van der Waals surface area contributed by atoms with Crippen molar-refractivity contribution in [1.29, 1.82) is 0 Å². The molecule has 1 aromatic heterocycles. The number of rotatable bonds is 3. The Morgan fingerprint density at radius 2 is 2.13 bits per heavy atom. The predicted molar refractivity (Wildman–Crippen MR) is 123 cm³/mol. The minimum Gasteiger partial charge on any atom is -0.342 e. The number of aromatic nitrogens is 2. The largest absolute Gasteiger partial charge is 0.342 e. The third-order valence-corrected chi connectivity index (χ3v) is 7.05. The second-order valence-electron chi connectivity index (χ2n) is 8.79. The molecule has 1 saturated heterocycles. The van der Waals surface area contributed by atoms with Gasteiger partial charge in [0.05, 0.1) is 16.6 Å². The summed E-state index contributed by atoms with van der Waals surface area (Å²) in [5, 5.41) is 12.2. The molecule has 164 valence electrons. The Morgan fingerprint density at radius 3 is 2.90 bits per heavy atom. The van der Waals surface area contributed by atoms with Crippen molar-refractivity contribution in [3.63, 3.8) is 0 Å². The van der Waals surface area contributed by atoms with Crippen LogP contribution in [0.15, 0.2) is 35.5 Å². The van der Waals surface area contributed by atoms with E-state index in [0.717, 1.165) is 37.3 Å². The van der Waals surface area contributed by atoms with Crippen molar-refractivity contribution in [2.45, 2.75) is 63.7 Å². The highest BCUT2D eigenvalue weighted by molar-refractivity contribution is 6.33. The number of amides is 1. The maximum absolute atomic E-state index is 13.3. The third-order valence-electron chi connectivity index (χ3n) is 6.78. The molecule has 7 nitrogen and oxygen atoms in total. The highest BCUT2D eigenvalue weighted by atomic mass is 35.5. The van der Waals surface area contributed by atoms with Crippen LogP contribution in [0, 0.1) is 0 Å². The maximum Gasteiger partial charge on any atom is 0.275 e. The summed E-state index contributed by atoms with van der Waals surface area (Å²) in [7, 11) is 0. The van der Waals surface area contributed by atoms with E-state index in [2.05, 4.69) is 33.9 Å². The Bertz CT molecular complexity index is 1010. The summed E-state index contributed by atoms with van der Waals surface area (Å²) in [5.74, 6) is 0.850. The number of nitrogens with zero attached hydrogens (tertiary/aromatic N) is 4. The van der Waals surface area contributed by atoms with Gasteiger partial charge in [0.2, 0.25) is 0 Å². The van der Waals surface area contributed by atoms with Crippen molar-refractivity contribution in [3.8, 4) is 0 Å². The van der Waals surface area contributed by atoms with Gasteiger partial charge in [0.25, 0.3) is 5.91 Å². The first-order valence-corrected chi connectivity index (χ1v) is 11.7. The second kappa shape index (κ2) is 8.28. The van der Waals surface area contributed by atoms with Gasteiger partial charge in [-0.2, -0.15) is 5.10 Å². The first-order chi connectivity index (χ1) is 15.1. The number of fused-ring (bicyclic) bond motifs is 1. The number of carbonyl (C=O) groups excluding carboxylic acids is 1. The SMILES string of the molecule is CCn1cc(Cl)c(C(=O)N2CC[C@]3(C2)NCc2ccccc2NC3=NC2CCCC2)n1. The molecule has 3 heterocycles. The fourth-order valence-electron chi connectivity index (χ4n) is 4.94. The van der Waals surface area contributed by atoms with Crippen molar-refractivity contribution in [3.05, 3.63) is 46.7 Å². The van der Waals surface area contributed by atoms with Crippen molar-refractivity contribution in [1.82, 2.24) is 20.0 Å². The molecule has 1 atom stereocenters. The van der Waals surface area contributed by atoms with Gasteiger partial charge in [-0.1, -0.05) is 42.6 Å². The number of hydrogen-bond donors (Lipinski definition) is 2. The molecule has 1 aliphatic carbocycles. The fraction of sp³-hybridized carbons (Fsp3) is 0.522. The average Bonchev–Trinajstić information content (AvgIpc) is 3.50. The van der Waals surface area contributed by atoms with Crippen LogP contribution < -0.4 is 10.6 Å². The molecule has 2 fully saturated rings. The quantitative estimate of drug-likeness (QED) is 0.763. The minimum atomic E-state index is -0.392. The number of benzene rings is 1. The van der Waals surface area contributed by atoms with Crippen LogP contribution in [0.25, 0.3) is 0 Å². The van der Waals surface area contributed by atoms with E-state index in [-0.39, 0.29) is 5.91 Å². The molecular formula is C23H29ClN6O. The van der Waals surface area contributed by atoms with E-state index in [1.54, 1.807) is 10.9 Å². The first kappa shape index (κ1) is 20.5. The van der Waals surface area contributed by atoms with Crippen molar-refractivity contribution in [2.75, 3.05) is 18.4 Å². The zero-order valence-electron chi connectivity index (χ0n) is 17.9. The van der Waals surface area contributed by atoms with Gasteiger partial charge in [-0.3, -0.25) is 19.8 Å². The van der Waals surface area contributed by atoms with Crippen molar-refractivity contribution in [2.24, 2.45) is 4.99 Å². The van der Waals surface area contributed by atoms with Gasteiger partial charge in [0.15, 0.2) is 5.69 Å². The lowest BCUT2D eigenvalue weighted by molar-refractivity contribution is 0.0779. The standard InChI is InChI=1S/C23H29ClN6O/c1-2-30-14-18(24)20(28-30)21(31)29-12-11-23(15-29)22(26-17-8-4-5-9-17)27-19-10-6-3-7-16(19)13-25-23/h3,6-7,10,14,17,25H,2,4-5,8-9,11-13,15H2,1H3,(H,26,27)/t23-/m1/s1. The van der Waals surface area contributed by atoms with Gasteiger partial charge in [-0.25, -0.2) is 0 Å². The van der Waals surface area contributed by atoms with E-state index >= 15 is 0 Å². The van der Waals surface area contributed by atoms with Crippen LogP contribution in [0.4, 0.5) is 5.69 Å². The molecular weight excluding hydrogens is 412 g/mol. The molecule has 0 radical (unpaired) electrons. The molecule has 1 amide bonds. The number of hydrogen-bond acceptors (Lipinski definition) is 4. The summed E-state index contributed by atoms with van der Waals surface area (Å²) >= 11 is 6.32. The Balaban J connectivity index is 1.45. The highest BCUT2D eigenvalue weighted by Gasteiger charge is 2.46. The van der Waals surface area contributed by atoms with Gasteiger partial charge < -0.3 is 10.2 Å². The molecule has 0 unspecified atom stereocenters. The lowest BCUT2D eigenvalue weighted by atomic mass is 9.96. The van der Waals surface area contributed by atoms with Crippen LogP contribution in [0.5, 0.6) is 0 Å².